The Balaban J connectivity index is 2.04. The summed E-state index contributed by atoms with van der Waals surface area (Å²) < 4.78 is 0. The predicted molar refractivity (Wildman–Crippen MR) is 86.0 cm³/mol. The van der Waals surface area contributed by atoms with Crippen LogP contribution in [-0.2, 0) is 11.2 Å². The van der Waals surface area contributed by atoms with Crippen LogP contribution in [0.3, 0.4) is 0 Å². The van der Waals surface area contributed by atoms with Gasteiger partial charge in [0.15, 0.2) is 0 Å². The number of carboxylic acids is 1. The molecule has 0 amide bonds. The summed E-state index contributed by atoms with van der Waals surface area (Å²) in [7, 11) is 0. The third kappa shape index (κ3) is 2.84. The smallest absolute Gasteiger partial charge is 0.308 e. The molecule has 1 aliphatic rings. The fourth-order valence-electron chi connectivity index (χ4n) is 2.69. The van der Waals surface area contributed by atoms with Crippen molar-refractivity contribution in [2.24, 2.45) is 0 Å². The molecule has 0 bridgehead atoms. The van der Waals surface area contributed by atoms with Crippen molar-refractivity contribution in [3.05, 3.63) is 20.8 Å². The molecule has 3 N–H and O–H groups in total. The van der Waals surface area contributed by atoms with Gasteiger partial charge in [0.1, 0.15) is 4.83 Å². The predicted octanol–water partition coefficient (Wildman–Crippen LogP) is 0.720. The minimum Gasteiger partial charge on any atom is -0.481 e. The summed E-state index contributed by atoms with van der Waals surface area (Å²) in [5.74, 6) is -0.325. The lowest BCUT2D eigenvalue weighted by Gasteiger charge is -2.20. The molecule has 1 aliphatic heterocycles. The second-order valence-electron chi connectivity index (χ2n) is 5.38. The van der Waals surface area contributed by atoms with Gasteiger partial charge < -0.3 is 15.3 Å². The molecule has 0 atom stereocenters. The van der Waals surface area contributed by atoms with Gasteiger partial charge in [-0.2, -0.15) is 0 Å². The number of hydrogen-bond acceptors (Lipinski definition) is 6. The van der Waals surface area contributed by atoms with Crippen molar-refractivity contribution in [1.82, 2.24) is 15.3 Å². The van der Waals surface area contributed by atoms with Crippen LogP contribution in [0.5, 0.6) is 0 Å². The lowest BCUT2D eigenvalue weighted by atomic mass is 10.2. The number of hydrogen-bond donors (Lipinski definition) is 3. The number of carboxylic acid groups (broad SMARTS) is 1. The van der Waals surface area contributed by atoms with Crippen molar-refractivity contribution in [2.45, 2.75) is 19.8 Å². The molecular weight excluding hydrogens is 304 g/mol. The number of anilines is 1. The van der Waals surface area contributed by atoms with Crippen LogP contribution >= 0.6 is 11.3 Å². The maximum Gasteiger partial charge on any atom is 0.308 e. The van der Waals surface area contributed by atoms with Crippen LogP contribution < -0.4 is 15.8 Å². The molecular formula is C14H18N4O3S. The minimum absolute atomic E-state index is 0.0741. The van der Waals surface area contributed by atoms with E-state index in [1.165, 1.54) is 11.3 Å². The van der Waals surface area contributed by atoms with Crippen molar-refractivity contribution >= 4 is 33.5 Å². The van der Waals surface area contributed by atoms with Gasteiger partial charge in [-0.1, -0.05) is 0 Å². The Bertz CT molecular complexity index is 759. The van der Waals surface area contributed by atoms with Crippen LogP contribution in [0, 0.1) is 6.92 Å². The van der Waals surface area contributed by atoms with Gasteiger partial charge >= 0.3 is 5.97 Å². The van der Waals surface area contributed by atoms with Crippen LogP contribution in [0.2, 0.25) is 0 Å². The van der Waals surface area contributed by atoms with Crippen LogP contribution in [-0.4, -0.2) is 47.2 Å². The molecule has 3 rings (SSSR count). The summed E-state index contributed by atoms with van der Waals surface area (Å²) in [6.07, 6.45) is 0.921. The summed E-state index contributed by atoms with van der Waals surface area (Å²) in [6.45, 7) is 5.23. The lowest BCUT2D eigenvalue weighted by molar-refractivity contribution is -0.136. The van der Waals surface area contributed by atoms with E-state index in [-0.39, 0.29) is 12.0 Å². The number of aromatic amines is 1. The molecule has 0 aliphatic carbocycles. The molecule has 7 nitrogen and oxygen atoms in total. The van der Waals surface area contributed by atoms with Crippen molar-refractivity contribution < 1.29 is 9.90 Å². The zero-order valence-electron chi connectivity index (χ0n) is 12.3. The van der Waals surface area contributed by atoms with Gasteiger partial charge in [0.2, 0.25) is 5.95 Å². The summed E-state index contributed by atoms with van der Waals surface area (Å²) in [4.78, 5) is 34.1. The fraction of sp³-hybridized carbons (Fsp3) is 0.500. The second-order valence-corrected chi connectivity index (χ2v) is 6.46. The van der Waals surface area contributed by atoms with Crippen molar-refractivity contribution in [2.75, 3.05) is 31.1 Å². The van der Waals surface area contributed by atoms with E-state index in [1.807, 2.05) is 0 Å². The average Bonchev–Trinajstić information content (AvgIpc) is 2.67. The number of fused-ring (bicyclic) bond motifs is 1. The highest BCUT2D eigenvalue weighted by Crippen LogP contribution is 2.28. The molecule has 0 aromatic carbocycles. The topological polar surface area (TPSA) is 98.3 Å². The largest absolute Gasteiger partial charge is 0.481 e. The highest BCUT2D eigenvalue weighted by atomic mass is 32.1. The van der Waals surface area contributed by atoms with Crippen LogP contribution in [0.25, 0.3) is 10.2 Å². The number of H-pyrrole nitrogens is 1. The number of aryl methyl sites for hydroxylation is 1. The quantitative estimate of drug-likeness (QED) is 0.770. The second kappa shape index (κ2) is 6.05. The molecule has 1 saturated heterocycles. The molecule has 118 valence electrons. The highest BCUT2D eigenvalue weighted by molar-refractivity contribution is 7.18. The summed E-state index contributed by atoms with van der Waals surface area (Å²) in [6, 6.07) is 0. The Labute approximate surface area is 131 Å². The molecule has 8 heteroatoms. The van der Waals surface area contributed by atoms with Crippen molar-refractivity contribution in [3.8, 4) is 0 Å². The number of aromatic nitrogens is 2. The van der Waals surface area contributed by atoms with E-state index in [4.69, 9.17) is 5.11 Å². The van der Waals surface area contributed by atoms with Gasteiger partial charge in [-0.15, -0.1) is 11.3 Å². The number of thiophene rings is 1. The first-order chi connectivity index (χ1) is 10.6. The molecule has 2 aromatic heterocycles. The Kier molecular flexibility index (Phi) is 4.12. The Hall–Kier alpha value is -1.93. The Morgan fingerprint density at radius 3 is 3.00 bits per heavy atom. The standard InChI is InChI=1S/C14H18N4O3S/c1-8-9(7-10(19)20)22-13-11(8)12(21)16-14(17-13)18-5-2-3-15-4-6-18/h15H,2-7H2,1H3,(H,19,20)(H,16,17,21). The molecule has 3 heterocycles. The van der Waals surface area contributed by atoms with Gasteiger partial charge in [-0.3, -0.25) is 14.6 Å². The maximum absolute atomic E-state index is 12.4. The van der Waals surface area contributed by atoms with E-state index in [0.29, 0.717) is 21.0 Å². The van der Waals surface area contributed by atoms with Gasteiger partial charge in [-0.25, -0.2) is 4.98 Å². The number of nitrogens with one attached hydrogen (secondary N) is 2. The highest BCUT2D eigenvalue weighted by Gasteiger charge is 2.18. The van der Waals surface area contributed by atoms with Crippen LogP contribution in [0.15, 0.2) is 4.79 Å². The first-order valence-corrected chi connectivity index (χ1v) is 8.07. The number of nitrogens with zero attached hydrogens (tertiary/aromatic N) is 2. The van der Waals surface area contributed by atoms with Gasteiger partial charge in [0.25, 0.3) is 5.56 Å². The first-order valence-electron chi connectivity index (χ1n) is 7.26. The zero-order chi connectivity index (χ0) is 15.7. The third-order valence-corrected chi connectivity index (χ3v) is 5.02. The Morgan fingerprint density at radius 2 is 2.23 bits per heavy atom. The maximum atomic E-state index is 12.4. The van der Waals surface area contributed by atoms with Crippen LogP contribution in [0.1, 0.15) is 16.9 Å². The van der Waals surface area contributed by atoms with E-state index in [2.05, 4.69) is 20.2 Å². The van der Waals surface area contributed by atoms with Crippen molar-refractivity contribution in [1.29, 1.82) is 0 Å². The summed E-state index contributed by atoms with van der Waals surface area (Å²) in [5.41, 5.74) is 0.530. The van der Waals surface area contributed by atoms with E-state index in [0.717, 1.165) is 38.2 Å². The SMILES string of the molecule is Cc1c(CC(=O)O)sc2nc(N3CCCNCC3)[nH]c(=O)c12. The number of rotatable bonds is 3. The molecule has 0 spiro atoms. The summed E-state index contributed by atoms with van der Waals surface area (Å²) >= 11 is 1.30. The average molecular weight is 322 g/mol. The van der Waals surface area contributed by atoms with E-state index < -0.39 is 5.97 Å². The number of aliphatic carboxylic acids is 1. The van der Waals surface area contributed by atoms with E-state index in [9.17, 15) is 9.59 Å². The van der Waals surface area contributed by atoms with Crippen LogP contribution in [0.4, 0.5) is 5.95 Å². The van der Waals surface area contributed by atoms with Gasteiger partial charge in [-0.05, 0) is 25.5 Å². The molecule has 0 radical (unpaired) electrons. The Morgan fingerprint density at radius 1 is 1.41 bits per heavy atom. The fourth-order valence-corrected chi connectivity index (χ4v) is 3.86. The number of carbonyl (C=O) groups is 1. The van der Waals surface area contributed by atoms with E-state index in [1.54, 1.807) is 6.92 Å². The molecule has 1 fully saturated rings. The van der Waals surface area contributed by atoms with Gasteiger partial charge in [0, 0.05) is 24.5 Å². The summed E-state index contributed by atoms with van der Waals surface area (Å²) in [5, 5.41) is 12.8. The zero-order valence-corrected chi connectivity index (χ0v) is 13.1. The normalized spacial score (nSPS) is 16.0. The minimum atomic E-state index is -0.898. The van der Waals surface area contributed by atoms with Crippen molar-refractivity contribution in [3.63, 3.8) is 0 Å². The van der Waals surface area contributed by atoms with Gasteiger partial charge in [0.05, 0.1) is 11.8 Å². The lowest BCUT2D eigenvalue weighted by Crippen LogP contribution is -2.31. The first kappa shape index (κ1) is 15.0. The molecule has 22 heavy (non-hydrogen) atoms. The monoisotopic (exact) mass is 322 g/mol. The molecule has 2 aromatic rings. The molecule has 0 saturated carbocycles. The third-order valence-electron chi connectivity index (χ3n) is 3.84. The molecule has 0 unspecified atom stereocenters. The van der Waals surface area contributed by atoms with E-state index >= 15 is 0 Å².